The number of hydrogen-bond acceptors (Lipinski definition) is 4. The van der Waals surface area contributed by atoms with Crippen LogP contribution in [0.3, 0.4) is 0 Å². The minimum atomic E-state index is -0.647. The van der Waals surface area contributed by atoms with Crippen LogP contribution >= 0.6 is 11.3 Å². The van der Waals surface area contributed by atoms with Crippen LogP contribution in [-0.2, 0) is 6.54 Å². The number of hydrogen-bond donors (Lipinski definition) is 1. The molecule has 1 N–H and O–H groups in total. The van der Waals surface area contributed by atoms with Gasteiger partial charge in [-0.1, -0.05) is 29.8 Å². The molecule has 22 heavy (non-hydrogen) atoms. The van der Waals surface area contributed by atoms with E-state index in [0.717, 1.165) is 36.6 Å². The normalized spacial score (nSPS) is 19.7. The van der Waals surface area contributed by atoms with Crippen molar-refractivity contribution in [1.29, 1.82) is 0 Å². The van der Waals surface area contributed by atoms with E-state index in [1.807, 2.05) is 13.8 Å². The summed E-state index contributed by atoms with van der Waals surface area (Å²) in [5.41, 5.74) is 2.91. The number of rotatable bonds is 4. The Balaban J connectivity index is 1.73. The number of thiazole rings is 1. The Morgan fingerprint density at radius 3 is 2.73 bits per heavy atom. The first-order valence-electron chi connectivity index (χ1n) is 7.91. The predicted octanol–water partition coefficient (Wildman–Crippen LogP) is 3.85. The van der Waals surface area contributed by atoms with Gasteiger partial charge in [0, 0.05) is 23.5 Å². The summed E-state index contributed by atoms with van der Waals surface area (Å²) in [6.45, 7) is 7.80. The molecule has 2 aromatic rings. The van der Waals surface area contributed by atoms with Crippen LogP contribution in [0.25, 0.3) is 10.6 Å². The minimum absolute atomic E-state index is 0.233. The molecule has 0 amide bonds. The van der Waals surface area contributed by atoms with Gasteiger partial charge in [-0.25, -0.2) is 4.98 Å². The first-order valence-corrected chi connectivity index (χ1v) is 8.79. The summed E-state index contributed by atoms with van der Waals surface area (Å²) in [6.07, 6.45) is 2.22. The highest BCUT2D eigenvalue weighted by Gasteiger charge is 2.35. The van der Waals surface area contributed by atoms with Gasteiger partial charge in [0.1, 0.15) is 5.01 Å². The Bertz CT molecular complexity index is 627. The van der Waals surface area contributed by atoms with Crippen LogP contribution in [0.5, 0.6) is 0 Å². The number of likely N-dealkylation sites (tertiary alicyclic amines) is 1. The second kappa shape index (κ2) is 6.11. The van der Waals surface area contributed by atoms with Crippen molar-refractivity contribution in [1.82, 2.24) is 9.88 Å². The molecule has 1 aliphatic rings. The monoisotopic (exact) mass is 316 g/mol. The first kappa shape index (κ1) is 15.7. The lowest BCUT2D eigenvalue weighted by molar-refractivity contribution is -0.00530. The highest BCUT2D eigenvalue weighted by Crippen LogP contribution is 2.30. The summed E-state index contributed by atoms with van der Waals surface area (Å²) in [7, 11) is 0. The predicted molar refractivity (Wildman–Crippen MR) is 92.0 cm³/mol. The molecule has 1 saturated heterocycles. The van der Waals surface area contributed by atoms with Crippen LogP contribution in [0, 0.1) is 6.92 Å². The number of aryl methyl sites for hydroxylation is 1. The molecule has 4 heteroatoms. The van der Waals surface area contributed by atoms with Gasteiger partial charge in [-0.15, -0.1) is 11.3 Å². The average molecular weight is 316 g/mol. The van der Waals surface area contributed by atoms with Gasteiger partial charge in [-0.3, -0.25) is 4.90 Å². The molecule has 0 saturated carbocycles. The van der Waals surface area contributed by atoms with Gasteiger partial charge >= 0.3 is 0 Å². The maximum Gasteiger partial charge on any atom is 0.123 e. The fourth-order valence-corrected chi connectivity index (χ4v) is 4.05. The van der Waals surface area contributed by atoms with Crippen LogP contribution in [0.4, 0.5) is 0 Å². The average Bonchev–Trinajstić information content (AvgIpc) is 3.09. The van der Waals surface area contributed by atoms with Crippen molar-refractivity contribution >= 4 is 11.3 Å². The standard InChI is InChI=1S/C18H24N2OS/c1-13-6-8-14(9-7-13)17-19-15(12-22-17)11-20-10-4-5-16(20)18(2,3)21/h6-9,12,16,21H,4-5,10-11H2,1-3H3/t16-/m0/s1. The van der Waals surface area contributed by atoms with Gasteiger partial charge in [0.2, 0.25) is 0 Å². The molecular weight excluding hydrogens is 292 g/mol. The molecule has 0 aliphatic carbocycles. The highest BCUT2D eigenvalue weighted by molar-refractivity contribution is 7.13. The Morgan fingerprint density at radius 2 is 2.05 bits per heavy atom. The van der Waals surface area contributed by atoms with E-state index in [2.05, 4.69) is 41.5 Å². The van der Waals surface area contributed by atoms with E-state index in [4.69, 9.17) is 4.98 Å². The molecule has 1 fully saturated rings. The van der Waals surface area contributed by atoms with Gasteiger partial charge in [-0.05, 0) is 40.2 Å². The summed E-state index contributed by atoms with van der Waals surface area (Å²) >= 11 is 1.70. The van der Waals surface area contributed by atoms with Gasteiger partial charge in [0.05, 0.1) is 11.3 Å². The molecule has 0 spiro atoms. The maximum absolute atomic E-state index is 10.3. The van der Waals surface area contributed by atoms with Crippen molar-refractivity contribution in [2.45, 2.75) is 51.8 Å². The molecule has 1 aromatic heterocycles. The number of aliphatic hydroxyl groups is 1. The Morgan fingerprint density at radius 1 is 1.32 bits per heavy atom. The molecule has 2 heterocycles. The molecule has 0 radical (unpaired) electrons. The lowest BCUT2D eigenvalue weighted by Gasteiger charge is -2.33. The van der Waals surface area contributed by atoms with Crippen LogP contribution < -0.4 is 0 Å². The highest BCUT2D eigenvalue weighted by atomic mass is 32.1. The Kier molecular flexibility index (Phi) is 4.35. The first-order chi connectivity index (χ1) is 10.4. The zero-order valence-electron chi connectivity index (χ0n) is 13.5. The van der Waals surface area contributed by atoms with E-state index < -0.39 is 5.60 Å². The zero-order chi connectivity index (χ0) is 15.7. The van der Waals surface area contributed by atoms with Crippen LogP contribution in [-0.4, -0.2) is 33.2 Å². The third-order valence-electron chi connectivity index (χ3n) is 4.39. The number of nitrogens with zero attached hydrogens (tertiary/aromatic N) is 2. The van der Waals surface area contributed by atoms with Gasteiger partial charge in [0.25, 0.3) is 0 Å². The zero-order valence-corrected chi connectivity index (χ0v) is 14.4. The molecule has 1 aliphatic heterocycles. The minimum Gasteiger partial charge on any atom is -0.389 e. The molecule has 0 bridgehead atoms. The molecule has 1 aromatic carbocycles. The van der Waals surface area contributed by atoms with Crippen molar-refractivity contribution in [3.8, 4) is 10.6 Å². The maximum atomic E-state index is 10.3. The van der Waals surface area contributed by atoms with Gasteiger partial charge in [0.15, 0.2) is 0 Å². The van der Waals surface area contributed by atoms with Crippen molar-refractivity contribution in [2.24, 2.45) is 0 Å². The molecule has 0 unspecified atom stereocenters. The third-order valence-corrected chi connectivity index (χ3v) is 5.33. The second-order valence-electron chi connectivity index (χ2n) is 6.79. The largest absolute Gasteiger partial charge is 0.389 e. The van der Waals surface area contributed by atoms with Crippen molar-refractivity contribution < 1.29 is 5.11 Å². The van der Waals surface area contributed by atoms with E-state index in [9.17, 15) is 5.11 Å². The van der Waals surface area contributed by atoms with Crippen molar-refractivity contribution in [2.75, 3.05) is 6.54 Å². The van der Waals surface area contributed by atoms with E-state index in [1.165, 1.54) is 11.1 Å². The Labute approximate surface area is 136 Å². The number of benzene rings is 1. The molecule has 118 valence electrons. The fraction of sp³-hybridized carbons (Fsp3) is 0.500. The van der Waals surface area contributed by atoms with E-state index >= 15 is 0 Å². The Hall–Kier alpha value is -1.23. The van der Waals surface area contributed by atoms with Gasteiger partial charge < -0.3 is 5.11 Å². The van der Waals surface area contributed by atoms with Crippen LogP contribution in [0.1, 0.15) is 37.9 Å². The summed E-state index contributed by atoms with van der Waals surface area (Å²) < 4.78 is 0. The lowest BCUT2D eigenvalue weighted by atomic mass is 9.96. The SMILES string of the molecule is Cc1ccc(-c2nc(CN3CCC[C@H]3C(C)(C)O)cs2)cc1. The van der Waals surface area contributed by atoms with Crippen molar-refractivity contribution in [3.63, 3.8) is 0 Å². The lowest BCUT2D eigenvalue weighted by Crippen LogP contribution is -2.45. The summed E-state index contributed by atoms with van der Waals surface area (Å²) in [6, 6.07) is 8.75. The summed E-state index contributed by atoms with van der Waals surface area (Å²) in [5, 5.41) is 13.5. The van der Waals surface area contributed by atoms with Crippen molar-refractivity contribution in [3.05, 3.63) is 40.9 Å². The summed E-state index contributed by atoms with van der Waals surface area (Å²) in [5.74, 6) is 0. The fourth-order valence-electron chi connectivity index (χ4n) is 3.23. The summed E-state index contributed by atoms with van der Waals surface area (Å²) in [4.78, 5) is 7.15. The quantitative estimate of drug-likeness (QED) is 0.930. The third kappa shape index (κ3) is 3.40. The smallest absolute Gasteiger partial charge is 0.123 e. The van der Waals surface area contributed by atoms with Gasteiger partial charge in [-0.2, -0.15) is 0 Å². The molecule has 3 nitrogen and oxygen atoms in total. The molecule has 1 atom stereocenters. The number of aromatic nitrogens is 1. The van der Waals surface area contributed by atoms with Crippen LogP contribution in [0.2, 0.25) is 0 Å². The van der Waals surface area contributed by atoms with E-state index in [-0.39, 0.29) is 6.04 Å². The molecule has 3 rings (SSSR count). The van der Waals surface area contributed by atoms with E-state index in [0.29, 0.717) is 0 Å². The second-order valence-corrected chi connectivity index (χ2v) is 7.65. The van der Waals surface area contributed by atoms with E-state index in [1.54, 1.807) is 11.3 Å². The topological polar surface area (TPSA) is 36.4 Å². The van der Waals surface area contributed by atoms with Crippen LogP contribution in [0.15, 0.2) is 29.6 Å². The molecular formula is C18H24N2OS.